The fourth-order valence-corrected chi connectivity index (χ4v) is 2.47. The van der Waals surface area contributed by atoms with Crippen LogP contribution in [0.2, 0.25) is 0 Å². The zero-order chi connectivity index (χ0) is 14.0. The van der Waals surface area contributed by atoms with Gasteiger partial charge in [0, 0.05) is 7.11 Å². The Morgan fingerprint density at radius 2 is 2.21 bits per heavy atom. The van der Waals surface area contributed by atoms with Crippen molar-refractivity contribution in [3.63, 3.8) is 0 Å². The maximum Gasteiger partial charge on any atom is 0.240 e. The third-order valence-corrected chi connectivity index (χ3v) is 3.34. The lowest BCUT2D eigenvalue weighted by atomic mass is 10.00. The van der Waals surface area contributed by atoms with Crippen LogP contribution in [0.15, 0.2) is 12.3 Å². The first kappa shape index (κ1) is 13.4. The highest BCUT2D eigenvalue weighted by atomic mass is 16.5. The number of nitrogens with zero attached hydrogens (tertiary/aromatic N) is 2. The molecule has 104 valence electrons. The number of hydrogen-bond acceptors (Lipinski definition) is 6. The predicted molar refractivity (Wildman–Crippen MR) is 73.2 cm³/mol. The Bertz CT molecular complexity index is 479. The van der Waals surface area contributed by atoms with Gasteiger partial charge in [0.15, 0.2) is 5.82 Å². The lowest BCUT2D eigenvalue weighted by Gasteiger charge is -2.40. The normalized spacial score (nSPS) is 23.3. The number of carbonyl (C=O) groups excluding carboxylic acids is 1. The number of aromatic nitrogens is 1. The number of primary amides is 1. The Morgan fingerprint density at radius 3 is 2.79 bits per heavy atom. The van der Waals surface area contributed by atoms with Gasteiger partial charge in [-0.1, -0.05) is 0 Å². The summed E-state index contributed by atoms with van der Waals surface area (Å²) in [6, 6.07) is 1.15. The standard InChI is InChI=1S/C12H19N5O2/c1-19-10-4-2-3-9(11(15)18)17(10)12-8(14)5-7(13)6-16-12/h5-6,9-10H,2-4,13-14H2,1H3,(H2,15,18). The van der Waals surface area contributed by atoms with Crippen molar-refractivity contribution in [2.45, 2.75) is 31.5 Å². The predicted octanol–water partition coefficient (Wildman–Crippen LogP) is 0.0627. The summed E-state index contributed by atoms with van der Waals surface area (Å²) in [5.41, 5.74) is 17.9. The van der Waals surface area contributed by atoms with Crippen molar-refractivity contribution >= 4 is 23.1 Å². The summed E-state index contributed by atoms with van der Waals surface area (Å²) >= 11 is 0. The molecule has 1 aliphatic rings. The van der Waals surface area contributed by atoms with Crippen LogP contribution in [0.25, 0.3) is 0 Å². The molecule has 2 unspecified atom stereocenters. The molecule has 1 aromatic heterocycles. The number of methoxy groups -OCH3 is 1. The second kappa shape index (κ2) is 5.31. The molecule has 7 heteroatoms. The van der Waals surface area contributed by atoms with Gasteiger partial charge in [-0.2, -0.15) is 0 Å². The third-order valence-electron chi connectivity index (χ3n) is 3.34. The fourth-order valence-electron chi connectivity index (χ4n) is 2.47. The van der Waals surface area contributed by atoms with Gasteiger partial charge < -0.3 is 26.8 Å². The van der Waals surface area contributed by atoms with E-state index in [4.69, 9.17) is 21.9 Å². The number of anilines is 3. The summed E-state index contributed by atoms with van der Waals surface area (Å²) in [4.78, 5) is 17.6. The summed E-state index contributed by atoms with van der Waals surface area (Å²) in [7, 11) is 1.59. The summed E-state index contributed by atoms with van der Waals surface area (Å²) in [6.07, 6.45) is 3.58. The van der Waals surface area contributed by atoms with Gasteiger partial charge in [0.05, 0.1) is 17.6 Å². The third kappa shape index (κ3) is 2.55. The van der Waals surface area contributed by atoms with Gasteiger partial charge in [0.1, 0.15) is 12.3 Å². The molecule has 1 aromatic rings. The van der Waals surface area contributed by atoms with Crippen LogP contribution in [0, 0.1) is 0 Å². The average Bonchev–Trinajstić information content (AvgIpc) is 2.38. The first-order valence-corrected chi connectivity index (χ1v) is 6.16. The minimum atomic E-state index is -0.461. The summed E-state index contributed by atoms with van der Waals surface area (Å²) in [6.45, 7) is 0. The number of amides is 1. The summed E-state index contributed by atoms with van der Waals surface area (Å²) < 4.78 is 5.42. The van der Waals surface area contributed by atoms with Crippen molar-refractivity contribution in [1.82, 2.24) is 4.98 Å². The van der Waals surface area contributed by atoms with Crippen LogP contribution >= 0.6 is 0 Å². The molecule has 2 rings (SSSR count). The number of rotatable bonds is 3. The van der Waals surface area contributed by atoms with Crippen molar-refractivity contribution in [3.05, 3.63) is 12.3 Å². The van der Waals surface area contributed by atoms with Crippen molar-refractivity contribution < 1.29 is 9.53 Å². The molecule has 2 heterocycles. The molecular weight excluding hydrogens is 246 g/mol. The molecule has 0 spiro atoms. The maximum atomic E-state index is 11.6. The van der Waals surface area contributed by atoms with Gasteiger partial charge in [-0.15, -0.1) is 0 Å². The first-order chi connectivity index (χ1) is 9.04. The van der Waals surface area contributed by atoms with Crippen molar-refractivity contribution in [3.8, 4) is 0 Å². The van der Waals surface area contributed by atoms with Gasteiger partial charge >= 0.3 is 0 Å². The summed E-state index contributed by atoms with van der Waals surface area (Å²) in [5.74, 6) is 0.0873. The first-order valence-electron chi connectivity index (χ1n) is 6.16. The molecule has 1 saturated heterocycles. The second-order valence-electron chi connectivity index (χ2n) is 4.63. The monoisotopic (exact) mass is 265 g/mol. The number of piperidine rings is 1. The van der Waals surface area contributed by atoms with Crippen LogP contribution in [-0.4, -0.2) is 30.3 Å². The molecule has 0 radical (unpaired) electrons. The van der Waals surface area contributed by atoms with Crippen LogP contribution in [0.4, 0.5) is 17.2 Å². The number of nitrogens with two attached hydrogens (primary N) is 3. The molecule has 19 heavy (non-hydrogen) atoms. The lowest BCUT2D eigenvalue weighted by Crippen LogP contribution is -2.54. The minimum Gasteiger partial charge on any atom is -0.397 e. The van der Waals surface area contributed by atoms with E-state index in [-0.39, 0.29) is 6.23 Å². The Hall–Kier alpha value is -2.02. The van der Waals surface area contributed by atoms with Crippen LogP contribution in [-0.2, 0) is 9.53 Å². The molecule has 0 aliphatic carbocycles. The fraction of sp³-hybridized carbons (Fsp3) is 0.500. The van der Waals surface area contributed by atoms with Gasteiger partial charge in [-0.3, -0.25) is 4.79 Å². The van der Waals surface area contributed by atoms with Crippen molar-refractivity contribution in [2.75, 3.05) is 23.5 Å². The SMILES string of the molecule is COC1CCCC(C(N)=O)N1c1ncc(N)cc1N. The minimum absolute atomic E-state index is 0.260. The molecular formula is C12H19N5O2. The number of nitrogen functional groups attached to an aromatic ring is 2. The van der Waals surface area contributed by atoms with E-state index in [2.05, 4.69) is 4.98 Å². The topological polar surface area (TPSA) is 120 Å². The summed E-state index contributed by atoms with van der Waals surface area (Å²) in [5, 5.41) is 0. The highest BCUT2D eigenvalue weighted by Crippen LogP contribution is 2.32. The zero-order valence-corrected chi connectivity index (χ0v) is 10.9. The van der Waals surface area contributed by atoms with Gasteiger partial charge in [0.25, 0.3) is 0 Å². The Morgan fingerprint density at radius 1 is 1.47 bits per heavy atom. The largest absolute Gasteiger partial charge is 0.397 e. The van der Waals surface area contributed by atoms with Crippen molar-refractivity contribution in [2.24, 2.45) is 5.73 Å². The Balaban J connectivity index is 2.42. The van der Waals surface area contributed by atoms with Crippen LogP contribution < -0.4 is 22.1 Å². The molecule has 1 amide bonds. The Labute approximate surface area is 111 Å². The number of ether oxygens (including phenoxy) is 1. The average molecular weight is 265 g/mol. The van der Waals surface area contributed by atoms with Crippen LogP contribution in [0.1, 0.15) is 19.3 Å². The van der Waals surface area contributed by atoms with E-state index in [1.807, 2.05) is 0 Å². The zero-order valence-electron chi connectivity index (χ0n) is 10.9. The van der Waals surface area contributed by atoms with Gasteiger partial charge in [-0.05, 0) is 25.3 Å². The molecule has 0 saturated carbocycles. The molecule has 7 nitrogen and oxygen atoms in total. The number of pyridine rings is 1. The Kier molecular flexibility index (Phi) is 3.75. The molecule has 1 fully saturated rings. The van der Waals surface area contributed by atoms with E-state index in [9.17, 15) is 4.79 Å². The highest BCUT2D eigenvalue weighted by molar-refractivity contribution is 5.85. The lowest BCUT2D eigenvalue weighted by molar-refractivity contribution is -0.120. The highest BCUT2D eigenvalue weighted by Gasteiger charge is 2.35. The number of hydrogen-bond donors (Lipinski definition) is 3. The maximum absolute atomic E-state index is 11.6. The molecule has 2 atom stereocenters. The van der Waals surface area contributed by atoms with E-state index in [1.165, 1.54) is 6.20 Å². The molecule has 0 aromatic carbocycles. The molecule has 1 aliphatic heterocycles. The van der Waals surface area contributed by atoms with E-state index in [0.29, 0.717) is 23.6 Å². The van der Waals surface area contributed by atoms with Crippen molar-refractivity contribution in [1.29, 1.82) is 0 Å². The van der Waals surface area contributed by atoms with Crippen LogP contribution in [0.3, 0.4) is 0 Å². The van der Waals surface area contributed by atoms with Gasteiger partial charge in [-0.25, -0.2) is 4.98 Å². The second-order valence-corrected chi connectivity index (χ2v) is 4.63. The van der Waals surface area contributed by atoms with E-state index >= 15 is 0 Å². The molecule has 0 bridgehead atoms. The quantitative estimate of drug-likeness (QED) is 0.710. The molecule has 6 N–H and O–H groups in total. The van der Waals surface area contributed by atoms with E-state index in [1.54, 1.807) is 18.1 Å². The van der Waals surface area contributed by atoms with E-state index in [0.717, 1.165) is 12.8 Å². The number of carbonyl (C=O) groups is 1. The van der Waals surface area contributed by atoms with E-state index < -0.39 is 11.9 Å². The van der Waals surface area contributed by atoms with Crippen LogP contribution in [0.5, 0.6) is 0 Å². The van der Waals surface area contributed by atoms with Gasteiger partial charge in [0.2, 0.25) is 5.91 Å². The smallest absolute Gasteiger partial charge is 0.240 e.